The molecule has 0 fully saturated rings. The normalized spacial score (nSPS) is 12.1. The highest BCUT2D eigenvalue weighted by Gasteiger charge is 2.13. The first-order valence-corrected chi connectivity index (χ1v) is 4.70. The molecule has 0 saturated heterocycles. The molecule has 0 saturated carbocycles. The van der Waals surface area contributed by atoms with Gasteiger partial charge < -0.3 is 14.6 Å². The summed E-state index contributed by atoms with van der Waals surface area (Å²) in [5.74, 6) is -0.671. The topological polar surface area (TPSA) is 55.8 Å². The third-order valence-corrected chi connectivity index (χ3v) is 1.97. The molecule has 1 aromatic carbocycles. The van der Waals surface area contributed by atoms with Gasteiger partial charge in [0.15, 0.2) is 6.29 Å². The first-order chi connectivity index (χ1) is 7.19. The van der Waals surface area contributed by atoms with E-state index >= 15 is 0 Å². The van der Waals surface area contributed by atoms with Crippen LogP contribution in [-0.4, -0.2) is 24.5 Å². The molecule has 0 spiro atoms. The SMILES string of the molecule is CCC(OC)Oc1ccccc1C(=O)O. The van der Waals surface area contributed by atoms with Crippen LogP contribution in [0.15, 0.2) is 24.3 Å². The van der Waals surface area contributed by atoms with E-state index in [1.165, 1.54) is 13.2 Å². The van der Waals surface area contributed by atoms with E-state index in [9.17, 15) is 4.79 Å². The van der Waals surface area contributed by atoms with E-state index in [2.05, 4.69) is 0 Å². The summed E-state index contributed by atoms with van der Waals surface area (Å²) in [6.45, 7) is 1.90. The molecule has 0 aliphatic rings. The third-order valence-electron chi connectivity index (χ3n) is 1.97. The number of carboxylic acids is 1. The summed E-state index contributed by atoms with van der Waals surface area (Å²) < 4.78 is 10.4. The van der Waals surface area contributed by atoms with E-state index in [0.717, 1.165) is 0 Å². The van der Waals surface area contributed by atoms with Crippen LogP contribution in [0.2, 0.25) is 0 Å². The average Bonchev–Trinajstić information content (AvgIpc) is 2.26. The smallest absolute Gasteiger partial charge is 0.339 e. The Labute approximate surface area is 88.4 Å². The molecule has 0 aliphatic heterocycles. The number of para-hydroxylation sites is 1. The van der Waals surface area contributed by atoms with Crippen LogP contribution in [0.5, 0.6) is 5.75 Å². The van der Waals surface area contributed by atoms with Crippen molar-refractivity contribution in [1.82, 2.24) is 0 Å². The molecular weight excluding hydrogens is 196 g/mol. The zero-order valence-electron chi connectivity index (χ0n) is 8.77. The number of rotatable bonds is 5. The molecule has 0 radical (unpaired) electrons. The molecule has 1 rings (SSSR count). The molecule has 1 N–H and O–H groups in total. The van der Waals surface area contributed by atoms with E-state index < -0.39 is 12.3 Å². The molecule has 4 nitrogen and oxygen atoms in total. The number of benzene rings is 1. The molecule has 1 aromatic rings. The summed E-state index contributed by atoms with van der Waals surface area (Å²) in [5, 5.41) is 8.90. The van der Waals surface area contributed by atoms with Gasteiger partial charge in [-0.05, 0) is 12.1 Å². The van der Waals surface area contributed by atoms with Crippen molar-refractivity contribution in [2.45, 2.75) is 19.6 Å². The Hall–Kier alpha value is -1.55. The van der Waals surface area contributed by atoms with Crippen LogP contribution in [-0.2, 0) is 4.74 Å². The molecule has 0 amide bonds. The Morgan fingerprint density at radius 1 is 1.47 bits per heavy atom. The third kappa shape index (κ3) is 2.95. The molecule has 0 aliphatic carbocycles. The van der Waals surface area contributed by atoms with Crippen LogP contribution in [0.3, 0.4) is 0 Å². The second-order valence-corrected chi connectivity index (χ2v) is 2.99. The number of carboxylic acid groups (broad SMARTS) is 1. The van der Waals surface area contributed by atoms with Gasteiger partial charge >= 0.3 is 5.97 Å². The maximum atomic E-state index is 10.9. The van der Waals surface area contributed by atoms with Gasteiger partial charge in [0, 0.05) is 13.5 Å². The summed E-state index contributed by atoms with van der Waals surface area (Å²) in [6, 6.07) is 6.50. The highest BCUT2D eigenvalue weighted by Crippen LogP contribution is 2.20. The molecule has 0 aromatic heterocycles. The first-order valence-electron chi connectivity index (χ1n) is 4.70. The minimum atomic E-state index is -1.00. The maximum absolute atomic E-state index is 10.9. The number of aromatic carboxylic acids is 1. The van der Waals surface area contributed by atoms with Crippen molar-refractivity contribution in [3.8, 4) is 5.75 Å². The molecular formula is C11H14O4. The predicted octanol–water partition coefficient (Wildman–Crippen LogP) is 2.15. The van der Waals surface area contributed by atoms with Gasteiger partial charge in [-0.25, -0.2) is 4.79 Å². The molecule has 82 valence electrons. The van der Waals surface area contributed by atoms with Gasteiger partial charge in [0.05, 0.1) is 0 Å². The largest absolute Gasteiger partial charge is 0.478 e. The van der Waals surface area contributed by atoms with Crippen molar-refractivity contribution in [2.24, 2.45) is 0 Å². The lowest BCUT2D eigenvalue weighted by molar-refractivity contribution is -0.0552. The molecule has 4 heteroatoms. The zero-order chi connectivity index (χ0) is 11.3. The monoisotopic (exact) mass is 210 g/mol. The summed E-state index contributed by atoms with van der Waals surface area (Å²) >= 11 is 0. The van der Waals surface area contributed by atoms with E-state index in [4.69, 9.17) is 14.6 Å². The van der Waals surface area contributed by atoms with E-state index in [0.29, 0.717) is 12.2 Å². The van der Waals surface area contributed by atoms with Gasteiger partial charge in [0.2, 0.25) is 0 Å². The van der Waals surface area contributed by atoms with Crippen molar-refractivity contribution in [2.75, 3.05) is 7.11 Å². The first kappa shape index (κ1) is 11.5. The fourth-order valence-corrected chi connectivity index (χ4v) is 1.19. The zero-order valence-corrected chi connectivity index (χ0v) is 8.77. The summed E-state index contributed by atoms with van der Waals surface area (Å²) in [6.07, 6.45) is 0.246. The number of carbonyl (C=O) groups is 1. The summed E-state index contributed by atoms with van der Waals surface area (Å²) in [4.78, 5) is 10.9. The predicted molar refractivity (Wildman–Crippen MR) is 55.1 cm³/mol. The lowest BCUT2D eigenvalue weighted by Crippen LogP contribution is -2.18. The minimum Gasteiger partial charge on any atom is -0.478 e. The second-order valence-electron chi connectivity index (χ2n) is 2.99. The van der Waals surface area contributed by atoms with Crippen LogP contribution in [0.1, 0.15) is 23.7 Å². The lowest BCUT2D eigenvalue weighted by Gasteiger charge is -2.16. The Morgan fingerprint density at radius 3 is 2.67 bits per heavy atom. The number of methoxy groups -OCH3 is 1. The van der Waals surface area contributed by atoms with Gasteiger partial charge in [-0.2, -0.15) is 0 Å². The van der Waals surface area contributed by atoms with Crippen LogP contribution < -0.4 is 4.74 Å². The molecule has 1 unspecified atom stereocenters. The number of hydrogen-bond donors (Lipinski definition) is 1. The summed E-state index contributed by atoms with van der Waals surface area (Å²) in [5.41, 5.74) is 0.146. The van der Waals surface area contributed by atoms with Crippen molar-refractivity contribution < 1.29 is 19.4 Å². The highest BCUT2D eigenvalue weighted by molar-refractivity contribution is 5.90. The average molecular weight is 210 g/mol. The summed E-state index contributed by atoms with van der Waals surface area (Å²) in [7, 11) is 1.53. The van der Waals surface area contributed by atoms with E-state index in [1.807, 2.05) is 6.92 Å². The Morgan fingerprint density at radius 2 is 2.13 bits per heavy atom. The van der Waals surface area contributed by atoms with Crippen LogP contribution >= 0.6 is 0 Å². The molecule has 15 heavy (non-hydrogen) atoms. The van der Waals surface area contributed by atoms with Gasteiger partial charge in [0.1, 0.15) is 11.3 Å². The van der Waals surface area contributed by atoms with Crippen LogP contribution in [0, 0.1) is 0 Å². The van der Waals surface area contributed by atoms with Crippen LogP contribution in [0.4, 0.5) is 0 Å². The molecule has 0 bridgehead atoms. The second kappa shape index (κ2) is 5.36. The highest BCUT2D eigenvalue weighted by atomic mass is 16.7. The lowest BCUT2D eigenvalue weighted by atomic mass is 10.2. The van der Waals surface area contributed by atoms with Crippen molar-refractivity contribution in [1.29, 1.82) is 0 Å². The number of hydrogen-bond acceptors (Lipinski definition) is 3. The van der Waals surface area contributed by atoms with Gasteiger partial charge in [-0.1, -0.05) is 19.1 Å². The van der Waals surface area contributed by atoms with Crippen molar-refractivity contribution in [3.63, 3.8) is 0 Å². The van der Waals surface area contributed by atoms with Gasteiger partial charge in [0.25, 0.3) is 0 Å². The van der Waals surface area contributed by atoms with E-state index in [1.54, 1.807) is 18.2 Å². The van der Waals surface area contributed by atoms with Gasteiger partial charge in [-0.15, -0.1) is 0 Å². The van der Waals surface area contributed by atoms with Crippen LogP contribution in [0.25, 0.3) is 0 Å². The van der Waals surface area contributed by atoms with Crippen molar-refractivity contribution in [3.05, 3.63) is 29.8 Å². The Balaban J connectivity index is 2.88. The fraction of sp³-hybridized carbons (Fsp3) is 0.364. The van der Waals surface area contributed by atoms with Crippen molar-refractivity contribution >= 4 is 5.97 Å². The quantitative estimate of drug-likeness (QED) is 0.756. The Kier molecular flexibility index (Phi) is 4.12. The maximum Gasteiger partial charge on any atom is 0.339 e. The minimum absolute atomic E-state index is 0.146. The number of ether oxygens (including phenoxy) is 2. The fourth-order valence-electron chi connectivity index (χ4n) is 1.19. The van der Waals surface area contributed by atoms with Gasteiger partial charge in [-0.3, -0.25) is 0 Å². The Bertz CT molecular complexity index is 331. The molecule has 0 heterocycles. The standard InChI is InChI=1S/C11H14O4/c1-3-10(14-2)15-9-7-5-4-6-8(9)11(12)13/h4-7,10H,3H2,1-2H3,(H,12,13). The molecule has 1 atom stereocenters. The van der Waals surface area contributed by atoms with E-state index in [-0.39, 0.29) is 5.56 Å².